The van der Waals surface area contributed by atoms with E-state index in [4.69, 9.17) is 10.5 Å². The number of nitrogens with zero attached hydrogens (tertiary/aromatic N) is 1. The molecule has 1 aliphatic carbocycles. The summed E-state index contributed by atoms with van der Waals surface area (Å²) in [4.78, 5) is 15.8. The Balaban J connectivity index is 1.70. The van der Waals surface area contributed by atoms with Gasteiger partial charge in [0.05, 0.1) is 12.3 Å². The van der Waals surface area contributed by atoms with Crippen LogP contribution in [0.5, 0.6) is 5.88 Å². The number of hydrogen-bond acceptors (Lipinski definition) is 5. The van der Waals surface area contributed by atoms with Gasteiger partial charge in [-0.15, -0.1) is 0 Å². The molecule has 1 fully saturated rings. The number of aromatic nitrogens is 1. The number of pyridine rings is 1. The van der Waals surface area contributed by atoms with Gasteiger partial charge in [-0.05, 0) is 38.3 Å². The highest BCUT2D eigenvalue weighted by atomic mass is 16.5. The summed E-state index contributed by atoms with van der Waals surface area (Å²) >= 11 is 0. The number of carbonyl (C=O) groups is 1. The van der Waals surface area contributed by atoms with E-state index >= 15 is 0 Å². The minimum Gasteiger partial charge on any atom is -0.476 e. The van der Waals surface area contributed by atoms with Crippen LogP contribution in [0.15, 0.2) is 12.1 Å². The van der Waals surface area contributed by atoms with Crippen LogP contribution in [0.25, 0.3) is 0 Å². The highest BCUT2D eigenvalue weighted by Crippen LogP contribution is 2.21. The smallest absolute Gasteiger partial charge is 0.239 e. The average molecular weight is 278 g/mol. The van der Waals surface area contributed by atoms with Gasteiger partial charge in [0.1, 0.15) is 5.82 Å². The van der Waals surface area contributed by atoms with Crippen molar-refractivity contribution in [3.63, 3.8) is 0 Å². The molecule has 1 aromatic rings. The fourth-order valence-electron chi connectivity index (χ4n) is 1.79. The van der Waals surface area contributed by atoms with Crippen LogP contribution in [0.1, 0.15) is 32.6 Å². The minimum absolute atomic E-state index is 0.134. The number of rotatable bonds is 8. The van der Waals surface area contributed by atoms with Crippen LogP contribution < -0.4 is 21.1 Å². The van der Waals surface area contributed by atoms with Crippen LogP contribution in [0.2, 0.25) is 0 Å². The average Bonchev–Trinajstić information content (AvgIpc) is 3.22. The van der Waals surface area contributed by atoms with Crippen molar-refractivity contribution in [1.29, 1.82) is 0 Å². The van der Waals surface area contributed by atoms with E-state index in [1.165, 1.54) is 0 Å². The van der Waals surface area contributed by atoms with Crippen molar-refractivity contribution in [2.75, 3.05) is 24.2 Å². The second kappa shape index (κ2) is 6.98. The highest BCUT2D eigenvalue weighted by molar-refractivity contribution is 5.76. The third kappa shape index (κ3) is 4.60. The molecule has 110 valence electrons. The number of hydrogen-bond donors (Lipinski definition) is 3. The molecule has 6 heteroatoms. The topological polar surface area (TPSA) is 89.3 Å². The summed E-state index contributed by atoms with van der Waals surface area (Å²) in [5, 5.41) is 6.14. The quantitative estimate of drug-likeness (QED) is 0.628. The van der Waals surface area contributed by atoms with E-state index < -0.39 is 0 Å². The van der Waals surface area contributed by atoms with Gasteiger partial charge in [0, 0.05) is 19.0 Å². The standard InChI is InChI=1S/C14H22N4O2/c1-2-20-14-11(15)7-8-12(18-14)16-9-3-4-13(19)17-10-5-6-10/h7-8,10H,2-6,9,15H2,1H3,(H,16,18)(H,17,19). The molecule has 0 atom stereocenters. The lowest BCUT2D eigenvalue weighted by Gasteiger charge is -2.09. The number of nitrogens with two attached hydrogens (primary N) is 1. The highest BCUT2D eigenvalue weighted by Gasteiger charge is 2.22. The van der Waals surface area contributed by atoms with Gasteiger partial charge in [0.15, 0.2) is 0 Å². The molecule has 2 rings (SSSR count). The number of anilines is 2. The van der Waals surface area contributed by atoms with E-state index in [1.807, 2.05) is 13.0 Å². The van der Waals surface area contributed by atoms with Gasteiger partial charge in [0.25, 0.3) is 0 Å². The van der Waals surface area contributed by atoms with E-state index in [2.05, 4.69) is 15.6 Å². The summed E-state index contributed by atoms with van der Waals surface area (Å²) in [6, 6.07) is 4.00. The minimum atomic E-state index is 0.134. The van der Waals surface area contributed by atoms with E-state index in [9.17, 15) is 4.79 Å². The Morgan fingerprint density at radius 1 is 1.50 bits per heavy atom. The van der Waals surface area contributed by atoms with Gasteiger partial charge in [0.2, 0.25) is 11.8 Å². The van der Waals surface area contributed by atoms with E-state index in [0.29, 0.717) is 43.0 Å². The molecule has 1 amide bonds. The number of ether oxygens (including phenoxy) is 1. The van der Waals surface area contributed by atoms with Crippen molar-refractivity contribution in [3.8, 4) is 5.88 Å². The SMILES string of the molecule is CCOc1nc(NCCCC(=O)NC2CC2)ccc1N. The van der Waals surface area contributed by atoms with Gasteiger partial charge < -0.3 is 21.1 Å². The maximum atomic E-state index is 11.5. The molecule has 0 radical (unpaired) electrons. The van der Waals surface area contributed by atoms with Crippen LogP contribution in [-0.4, -0.2) is 30.1 Å². The molecular weight excluding hydrogens is 256 g/mol. The second-order valence-corrected chi connectivity index (χ2v) is 4.90. The summed E-state index contributed by atoms with van der Waals surface area (Å²) in [6.45, 7) is 3.11. The van der Waals surface area contributed by atoms with Crippen molar-refractivity contribution in [2.24, 2.45) is 0 Å². The third-order valence-corrected chi connectivity index (χ3v) is 3.00. The maximum Gasteiger partial charge on any atom is 0.239 e. The van der Waals surface area contributed by atoms with Gasteiger partial charge in [-0.1, -0.05) is 0 Å². The Morgan fingerprint density at radius 3 is 3.00 bits per heavy atom. The largest absolute Gasteiger partial charge is 0.476 e. The van der Waals surface area contributed by atoms with E-state index in [1.54, 1.807) is 6.07 Å². The number of carbonyl (C=O) groups excluding carboxylic acids is 1. The van der Waals surface area contributed by atoms with Crippen molar-refractivity contribution in [1.82, 2.24) is 10.3 Å². The predicted octanol–water partition coefficient (Wildman–Crippen LogP) is 1.53. The first-order chi connectivity index (χ1) is 9.69. The summed E-state index contributed by atoms with van der Waals surface area (Å²) in [5.41, 5.74) is 6.28. The molecular formula is C14H22N4O2. The molecule has 1 aliphatic rings. The number of amides is 1. The molecule has 0 saturated heterocycles. The fourth-order valence-corrected chi connectivity index (χ4v) is 1.79. The van der Waals surface area contributed by atoms with Gasteiger partial charge in [-0.3, -0.25) is 4.79 Å². The molecule has 1 heterocycles. The zero-order valence-electron chi connectivity index (χ0n) is 11.8. The first-order valence-corrected chi connectivity index (χ1v) is 7.11. The fraction of sp³-hybridized carbons (Fsp3) is 0.571. The zero-order chi connectivity index (χ0) is 14.4. The van der Waals surface area contributed by atoms with Gasteiger partial charge >= 0.3 is 0 Å². The van der Waals surface area contributed by atoms with Crippen LogP contribution >= 0.6 is 0 Å². The Kier molecular flexibility index (Phi) is 5.03. The lowest BCUT2D eigenvalue weighted by Crippen LogP contribution is -2.25. The molecule has 6 nitrogen and oxygen atoms in total. The summed E-state index contributed by atoms with van der Waals surface area (Å²) in [7, 11) is 0. The summed E-state index contributed by atoms with van der Waals surface area (Å²) in [6.07, 6.45) is 3.56. The zero-order valence-corrected chi connectivity index (χ0v) is 11.8. The Hall–Kier alpha value is -1.98. The van der Waals surface area contributed by atoms with Crippen LogP contribution in [0.4, 0.5) is 11.5 Å². The van der Waals surface area contributed by atoms with Crippen molar-refractivity contribution in [2.45, 2.75) is 38.6 Å². The molecule has 0 unspecified atom stereocenters. The Morgan fingerprint density at radius 2 is 2.30 bits per heavy atom. The first-order valence-electron chi connectivity index (χ1n) is 7.11. The number of nitrogens with one attached hydrogen (secondary N) is 2. The van der Waals surface area contributed by atoms with E-state index in [-0.39, 0.29) is 5.91 Å². The van der Waals surface area contributed by atoms with Crippen LogP contribution in [-0.2, 0) is 4.79 Å². The normalized spacial score (nSPS) is 13.8. The third-order valence-electron chi connectivity index (χ3n) is 3.00. The molecule has 0 aromatic carbocycles. The molecule has 1 saturated carbocycles. The predicted molar refractivity (Wildman–Crippen MR) is 78.7 cm³/mol. The Bertz CT molecular complexity index is 460. The van der Waals surface area contributed by atoms with Gasteiger partial charge in [-0.2, -0.15) is 4.98 Å². The lowest BCUT2D eigenvalue weighted by molar-refractivity contribution is -0.121. The van der Waals surface area contributed by atoms with Crippen molar-refractivity contribution >= 4 is 17.4 Å². The molecule has 0 bridgehead atoms. The molecule has 4 N–H and O–H groups in total. The molecule has 0 aliphatic heterocycles. The number of nitrogen functional groups attached to an aromatic ring is 1. The Labute approximate surface area is 119 Å². The second-order valence-electron chi connectivity index (χ2n) is 4.90. The van der Waals surface area contributed by atoms with Crippen molar-refractivity contribution < 1.29 is 9.53 Å². The monoisotopic (exact) mass is 278 g/mol. The molecule has 20 heavy (non-hydrogen) atoms. The molecule has 1 aromatic heterocycles. The van der Waals surface area contributed by atoms with Crippen molar-refractivity contribution in [3.05, 3.63) is 12.1 Å². The summed E-state index contributed by atoms with van der Waals surface area (Å²) < 4.78 is 5.33. The summed E-state index contributed by atoms with van der Waals surface area (Å²) in [5.74, 6) is 1.30. The first kappa shape index (κ1) is 14.4. The lowest BCUT2D eigenvalue weighted by atomic mass is 10.3. The van der Waals surface area contributed by atoms with Crippen LogP contribution in [0.3, 0.4) is 0 Å². The van der Waals surface area contributed by atoms with E-state index in [0.717, 1.165) is 19.3 Å². The molecule has 0 spiro atoms. The van der Waals surface area contributed by atoms with Crippen LogP contribution in [0, 0.1) is 0 Å². The van der Waals surface area contributed by atoms with Gasteiger partial charge in [-0.25, -0.2) is 0 Å². The maximum absolute atomic E-state index is 11.5.